The third-order valence-corrected chi connectivity index (χ3v) is 1.22. The summed E-state index contributed by atoms with van der Waals surface area (Å²) in [7, 11) is -3.83. The zero-order chi connectivity index (χ0) is 6.62. The molecule has 0 spiro atoms. The van der Waals surface area contributed by atoms with E-state index in [9.17, 15) is 8.42 Å². The summed E-state index contributed by atoms with van der Waals surface area (Å²) >= 11 is 0. The molecule has 4 N–H and O–H groups in total. The average Bonchev–Trinajstić information content (AvgIpc) is 1.59. The molecule has 0 rings (SSSR count). The first-order chi connectivity index (χ1) is 3.56. The van der Waals surface area contributed by atoms with Crippen LogP contribution in [0, 0.1) is 0 Å². The molecule has 0 aliphatic heterocycles. The van der Waals surface area contributed by atoms with Gasteiger partial charge in [0, 0.05) is 6.54 Å². The third kappa shape index (κ3) is 16.4. The fourth-order valence-corrected chi connectivity index (χ4v) is 0.564. The van der Waals surface area contributed by atoms with Crippen molar-refractivity contribution in [3.63, 3.8) is 0 Å². The first-order valence-electron chi connectivity index (χ1n) is 1.95. The van der Waals surface area contributed by atoms with E-state index in [1.165, 1.54) is 0 Å². The number of hydrogen-bond acceptors (Lipinski definition) is 4. The monoisotopic (exact) mass is 188 g/mol. The van der Waals surface area contributed by atoms with Crippen LogP contribution in [-0.2, 0) is 10.1 Å². The van der Waals surface area contributed by atoms with Crippen molar-refractivity contribution in [2.24, 2.45) is 5.84 Å². The molecule has 0 aromatic rings. The maximum absolute atomic E-state index is 9.85. The molecule has 0 saturated heterocycles. The van der Waals surface area contributed by atoms with Crippen molar-refractivity contribution in [2.45, 2.75) is 0 Å². The van der Waals surface area contributed by atoms with Gasteiger partial charge in [-0.15, -0.1) is 0 Å². The van der Waals surface area contributed by atoms with E-state index in [1.54, 1.807) is 0 Å². The Balaban J connectivity index is -0.000000245. The van der Waals surface area contributed by atoms with E-state index in [-0.39, 0.29) is 71.4 Å². The first-order valence-corrected chi connectivity index (χ1v) is 3.56. The Kier molecular flexibility index (Phi) is 15.9. The Morgan fingerprint density at radius 2 is 1.80 bits per heavy atom. The second-order valence-electron chi connectivity index (χ2n) is 1.24. The standard InChI is InChI=1S/C2H8N2O3S.2Na.2H/c3-4-1-2-8(5,6)7;;;;/h4H,1-3H2,(H,5,6,7);;;;. The van der Waals surface area contributed by atoms with Gasteiger partial charge in [-0.25, -0.2) is 0 Å². The number of rotatable bonds is 3. The number of hydrogen-bond donors (Lipinski definition) is 3. The molecule has 0 bridgehead atoms. The van der Waals surface area contributed by atoms with Crippen molar-refractivity contribution >= 4 is 69.2 Å². The summed E-state index contributed by atoms with van der Waals surface area (Å²) in [5, 5.41) is 0. The minimum atomic E-state index is -3.83. The van der Waals surface area contributed by atoms with Crippen LogP contribution >= 0.6 is 0 Å². The van der Waals surface area contributed by atoms with Crippen LogP contribution in [0.4, 0.5) is 0 Å². The van der Waals surface area contributed by atoms with Gasteiger partial charge in [0.15, 0.2) is 0 Å². The van der Waals surface area contributed by atoms with Crippen molar-refractivity contribution in [3.8, 4) is 0 Å². The Hall–Kier alpha value is 1.83. The van der Waals surface area contributed by atoms with E-state index >= 15 is 0 Å². The van der Waals surface area contributed by atoms with Gasteiger partial charge in [-0.1, -0.05) is 0 Å². The van der Waals surface area contributed by atoms with E-state index < -0.39 is 10.1 Å². The topological polar surface area (TPSA) is 92.4 Å². The number of hydrazine groups is 1. The molecular weight excluding hydrogens is 178 g/mol. The number of nitrogens with two attached hydrogens (primary N) is 1. The minimum absolute atomic E-state index is 0. The first kappa shape index (κ1) is 17.8. The molecule has 0 radical (unpaired) electrons. The van der Waals surface area contributed by atoms with E-state index in [0.29, 0.717) is 0 Å². The van der Waals surface area contributed by atoms with Crippen LogP contribution in [0.3, 0.4) is 0 Å². The van der Waals surface area contributed by atoms with Crippen LogP contribution in [0.1, 0.15) is 0 Å². The Bertz CT molecular complexity index is 147. The van der Waals surface area contributed by atoms with E-state index in [4.69, 9.17) is 10.4 Å². The maximum atomic E-state index is 9.85. The Morgan fingerprint density at radius 3 is 1.90 bits per heavy atom. The van der Waals surface area contributed by atoms with E-state index in [2.05, 4.69) is 5.43 Å². The van der Waals surface area contributed by atoms with Gasteiger partial charge in [-0.3, -0.25) is 15.8 Å². The van der Waals surface area contributed by atoms with Crippen LogP contribution in [0.15, 0.2) is 0 Å². The SMILES string of the molecule is NNCCS(=O)(=O)O.[NaH].[NaH]. The zero-order valence-corrected chi connectivity index (χ0v) is 4.98. The molecule has 5 nitrogen and oxygen atoms in total. The van der Waals surface area contributed by atoms with Gasteiger partial charge < -0.3 is 0 Å². The predicted molar refractivity (Wildman–Crippen MR) is 42.9 cm³/mol. The summed E-state index contributed by atoms with van der Waals surface area (Å²) in [5.41, 5.74) is 2.09. The summed E-state index contributed by atoms with van der Waals surface area (Å²) in [6, 6.07) is 0. The fraction of sp³-hybridized carbons (Fsp3) is 1.00. The molecule has 0 unspecified atom stereocenters. The van der Waals surface area contributed by atoms with Crippen LogP contribution in [0.5, 0.6) is 0 Å². The molecule has 0 fully saturated rings. The quantitative estimate of drug-likeness (QED) is 0.190. The van der Waals surface area contributed by atoms with Crippen molar-refractivity contribution in [1.82, 2.24) is 5.43 Å². The van der Waals surface area contributed by atoms with Crippen molar-refractivity contribution in [2.75, 3.05) is 12.3 Å². The second-order valence-corrected chi connectivity index (χ2v) is 2.81. The molecule has 10 heavy (non-hydrogen) atoms. The second kappa shape index (κ2) is 8.92. The van der Waals surface area contributed by atoms with Crippen LogP contribution in [0.2, 0.25) is 0 Å². The molecule has 0 aliphatic rings. The molecule has 0 aliphatic carbocycles. The van der Waals surface area contributed by atoms with Crippen molar-refractivity contribution < 1.29 is 13.0 Å². The van der Waals surface area contributed by atoms with Gasteiger partial charge in [-0.05, 0) is 0 Å². The predicted octanol–water partition coefficient (Wildman–Crippen LogP) is -2.96. The molecule has 8 heteroatoms. The van der Waals surface area contributed by atoms with Crippen LogP contribution in [-0.4, -0.2) is 84.4 Å². The molecule has 54 valence electrons. The molecule has 0 aromatic heterocycles. The molecule has 0 amide bonds. The van der Waals surface area contributed by atoms with Crippen molar-refractivity contribution in [3.05, 3.63) is 0 Å². The van der Waals surface area contributed by atoms with Gasteiger partial charge in [0.1, 0.15) is 0 Å². The summed E-state index contributed by atoms with van der Waals surface area (Å²) in [4.78, 5) is 0. The summed E-state index contributed by atoms with van der Waals surface area (Å²) in [5.74, 6) is 4.37. The fourth-order valence-electron chi connectivity index (χ4n) is 0.188. The normalized spacial score (nSPS) is 9.40. The van der Waals surface area contributed by atoms with Crippen molar-refractivity contribution in [1.29, 1.82) is 0 Å². The Labute approximate surface area is 104 Å². The third-order valence-electron chi connectivity index (χ3n) is 0.504. The van der Waals surface area contributed by atoms with Crippen LogP contribution < -0.4 is 11.3 Å². The average molecular weight is 188 g/mol. The molecule has 0 aromatic carbocycles. The zero-order valence-electron chi connectivity index (χ0n) is 4.16. The van der Waals surface area contributed by atoms with E-state index in [1.807, 2.05) is 0 Å². The number of nitrogens with one attached hydrogen (secondary N) is 1. The summed E-state index contributed by atoms with van der Waals surface area (Å²) in [6.07, 6.45) is 0. The molecule has 0 saturated carbocycles. The molecular formula is C2H10N2Na2O3S. The molecule has 0 heterocycles. The van der Waals surface area contributed by atoms with E-state index in [0.717, 1.165) is 0 Å². The summed E-state index contributed by atoms with van der Waals surface area (Å²) < 4.78 is 27.7. The van der Waals surface area contributed by atoms with Crippen LogP contribution in [0.25, 0.3) is 0 Å². The summed E-state index contributed by atoms with van der Waals surface area (Å²) in [6.45, 7) is 0.0683. The molecule has 0 atom stereocenters. The van der Waals surface area contributed by atoms with Gasteiger partial charge in [0.25, 0.3) is 10.1 Å². The Morgan fingerprint density at radius 1 is 1.40 bits per heavy atom. The van der Waals surface area contributed by atoms with Gasteiger partial charge >= 0.3 is 59.1 Å². The van der Waals surface area contributed by atoms with Gasteiger partial charge in [-0.2, -0.15) is 8.42 Å². The van der Waals surface area contributed by atoms with Gasteiger partial charge in [0.05, 0.1) is 5.75 Å². The van der Waals surface area contributed by atoms with Gasteiger partial charge in [0.2, 0.25) is 0 Å².